The zero-order valence-electron chi connectivity index (χ0n) is 12.7. The molecule has 3 heterocycles. The van der Waals surface area contributed by atoms with Gasteiger partial charge in [-0.05, 0) is 23.9 Å². The van der Waals surface area contributed by atoms with Gasteiger partial charge in [-0.2, -0.15) is 0 Å². The van der Waals surface area contributed by atoms with Crippen LogP contribution in [-0.4, -0.2) is 72.9 Å². The van der Waals surface area contributed by atoms with Crippen LogP contribution >= 0.6 is 0 Å². The highest BCUT2D eigenvalue weighted by molar-refractivity contribution is 5.92. The Labute approximate surface area is 129 Å². The molecule has 2 saturated heterocycles. The van der Waals surface area contributed by atoms with Gasteiger partial charge in [0, 0.05) is 26.2 Å². The van der Waals surface area contributed by atoms with Crippen molar-refractivity contribution >= 4 is 5.91 Å². The molecule has 4 rings (SSSR count). The minimum atomic E-state index is -0.139. The van der Waals surface area contributed by atoms with Gasteiger partial charge in [-0.3, -0.25) is 9.69 Å². The van der Waals surface area contributed by atoms with Crippen LogP contribution in [0.1, 0.15) is 23.4 Å². The Balaban J connectivity index is 1.44. The van der Waals surface area contributed by atoms with Crippen molar-refractivity contribution in [1.29, 1.82) is 0 Å². The number of nitrogens with zero attached hydrogens (tertiary/aromatic N) is 3. The van der Waals surface area contributed by atoms with Gasteiger partial charge in [0.2, 0.25) is 5.76 Å². The number of carbonyl (C=O) groups excluding carboxylic acids is 1. The number of hydrogen-bond acceptors (Lipinski definition) is 6. The van der Waals surface area contributed by atoms with E-state index in [0.717, 1.165) is 25.6 Å². The molecule has 3 fully saturated rings. The third kappa shape index (κ3) is 2.59. The molecule has 0 N–H and O–H groups in total. The van der Waals surface area contributed by atoms with Crippen molar-refractivity contribution in [3.63, 3.8) is 0 Å². The van der Waals surface area contributed by atoms with Crippen molar-refractivity contribution in [2.24, 2.45) is 5.92 Å². The molecule has 3 aliphatic rings. The molecule has 0 spiro atoms. The molecule has 1 amide bonds. The number of fused-ring (bicyclic) bond motifs is 1. The Morgan fingerprint density at radius 2 is 2.32 bits per heavy atom. The fourth-order valence-electron chi connectivity index (χ4n) is 3.39. The molecular weight excluding hydrogens is 286 g/mol. The van der Waals surface area contributed by atoms with E-state index in [4.69, 9.17) is 14.0 Å². The van der Waals surface area contributed by atoms with Crippen molar-refractivity contribution in [3.05, 3.63) is 11.8 Å². The maximum Gasteiger partial charge on any atom is 0.292 e. The normalized spacial score (nSPS) is 28.7. The van der Waals surface area contributed by atoms with Crippen molar-refractivity contribution in [1.82, 2.24) is 15.0 Å². The molecule has 22 heavy (non-hydrogen) atoms. The van der Waals surface area contributed by atoms with Crippen molar-refractivity contribution in [3.8, 4) is 5.88 Å². The highest BCUT2D eigenvalue weighted by Crippen LogP contribution is 2.33. The molecule has 120 valence electrons. The zero-order chi connectivity index (χ0) is 15.1. The summed E-state index contributed by atoms with van der Waals surface area (Å²) >= 11 is 0. The number of carbonyl (C=O) groups is 1. The standard InChI is InChI=1S/C15H21N3O4/c1-20-14-6-12(22-16-14)15(19)18-8-11-13(9-18)21-5-4-17(11)7-10-2-3-10/h6,10-11,13H,2-5,7-9H2,1H3/t11-,13+/m1/s1. The molecule has 0 bridgehead atoms. The summed E-state index contributed by atoms with van der Waals surface area (Å²) in [5, 5.41) is 3.69. The predicted molar refractivity (Wildman–Crippen MR) is 76.8 cm³/mol. The average Bonchev–Trinajstić information content (AvgIpc) is 3.06. The van der Waals surface area contributed by atoms with Crippen LogP contribution in [0, 0.1) is 5.92 Å². The van der Waals surface area contributed by atoms with E-state index in [1.54, 1.807) is 4.90 Å². The van der Waals surface area contributed by atoms with Crippen LogP contribution in [0.4, 0.5) is 0 Å². The first-order valence-corrected chi connectivity index (χ1v) is 7.90. The van der Waals surface area contributed by atoms with Crippen LogP contribution < -0.4 is 4.74 Å². The highest BCUT2D eigenvalue weighted by Gasteiger charge is 2.43. The Bertz CT molecular complexity index is 557. The first-order chi connectivity index (χ1) is 10.7. The van der Waals surface area contributed by atoms with Crippen LogP contribution in [0.25, 0.3) is 0 Å². The van der Waals surface area contributed by atoms with Crippen LogP contribution in [0.2, 0.25) is 0 Å². The van der Waals surface area contributed by atoms with Gasteiger partial charge in [0.1, 0.15) is 0 Å². The second kappa shape index (κ2) is 5.55. The lowest BCUT2D eigenvalue weighted by Gasteiger charge is -2.36. The maximum atomic E-state index is 12.5. The molecule has 1 aromatic heterocycles. The molecule has 0 aromatic carbocycles. The second-order valence-corrected chi connectivity index (χ2v) is 6.36. The quantitative estimate of drug-likeness (QED) is 0.812. The van der Waals surface area contributed by atoms with Crippen LogP contribution in [0.3, 0.4) is 0 Å². The molecule has 0 radical (unpaired) electrons. The van der Waals surface area contributed by atoms with E-state index in [1.165, 1.54) is 26.0 Å². The van der Waals surface area contributed by atoms with E-state index in [2.05, 4.69) is 10.1 Å². The van der Waals surface area contributed by atoms with Crippen molar-refractivity contribution < 1.29 is 18.8 Å². The van der Waals surface area contributed by atoms with E-state index in [0.29, 0.717) is 25.0 Å². The largest absolute Gasteiger partial charge is 0.479 e. The van der Waals surface area contributed by atoms with E-state index in [9.17, 15) is 4.79 Å². The summed E-state index contributed by atoms with van der Waals surface area (Å²) in [6.45, 7) is 4.18. The molecule has 7 heteroatoms. The van der Waals surface area contributed by atoms with Gasteiger partial charge in [-0.25, -0.2) is 0 Å². The molecular formula is C15H21N3O4. The van der Waals surface area contributed by atoms with Gasteiger partial charge in [-0.1, -0.05) is 0 Å². The van der Waals surface area contributed by atoms with E-state index >= 15 is 0 Å². The van der Waals surface area contributed by atoms with Gasteiger partial charge >= 0.3 is 0 Å². The summed E-state index contributed by atoms with van der Waals surface area (Å²) < 4.78 is 15.9. The number of aromatic nitrogens is 1. The molecule has 1 aromatic rings. The SMILES string of the molecule is COc1cc(C(=O)N2C[C@@H]3OCCN(CC4CC4)[C@@H]3C2)on1. The second-order valence-electron chi connectivity index (χ2n) is 6.36. The van der Waals surface area contributed by atoms with Crippen LogP contribution in [0.5, 0.6) is 5.88 Å². The smallest absolute Gasteiger partial charge is 0.292 e. The van der Waals surface area contributed by atoms with E-state index in [-0.39, 0.29) is 17.8 Å². The minimum Gasteiger partial charge on any atom is -0.479 e. The Morgan fingerprint density at radius 3 is 3.05 bits per heavy atom. The monoisotopic (exact) mass is 307 g/mol. The number of hydrogen-bond donors (Lipinski definition) is 0. The fraction of sp³-hybridized carbons (Fsp3) is 0.733. The molecule has 0 unspecified atom stereocenters. The summed E-state index contributed by atoms with van der Waals surface area (Å²) in [5.41, 5.74) is 0. The molecule has 1 saturated carbocycles. The topological polar surface area (TPSA) is 68.0 Å². The van der Waals surface area contributed by atoms with Gasteiger partial charge in [0.15, 0.2) is 0 Å². The summed E-state index contributed by atoms with van der Waals surface area (Å²) in [6, 6.07) is 1.84. The van der Waals surface area contributed by atoms with Crippen molar-refractivity contribution in [2.45, 2.75) is 25.0 Å². The van der Waals surface area contributed by atoms with Crippen molar-refractivity contribution in [2.75, 3.05) is 39.9 Å². The Hall–Kier alpha value is -1.60. The molecule has 7 nitrogen and oxygen atoms in total. The van der Waals surface area contributed by atoms with Crippen LogP contribution in [-0.2, 0) is 4.74 Å². The summed E-state index contributed by atoms with van der Waals surface area (Å²) in [4.78, 5) is 16.8. The molecule has 1 aliphatic carbocycles. The number of ether oxygens (including phenoxy) is 2. The van der Waals surface area contributed by atoms with Gasteiger partial charge < -0.3 is 18.9 Å². The number of morpholine rings is 1. The highest BCUT2D eigenvalue weighted by atomic mass is 16.5. The third-order valence-electron chi connectivity index (χ3n) is 4.80. The summed E-state index contributed by atoms with van der Waals surface area (Å²) in [5.74, 6) is 1.26. The lowest BCUT2D eigenvalue weighted by molar-refractivity contribution is -0.0484. The lowest BCUT2D eigenvalue weighted by Crippen LogP contribution is -2.51. The first-order valence-electron chi connectivity index (χ1n) is 7.90. The predicted octanol–water partition coefficient (Wildman–Crippen LogP) is 0.618. The number of amides is 1. The third-order valence-corrected chi connectivity index (χ3v) is 4.80. The fourth-order valence-corrected chi connectivity index (χ4v) is 3.39. The Morgan fingerprint density at radius 1 is 1.45 bits per heavy atom. The number of methoxy groups -OCH3 is 1. The first kappa shape index (κ1) is 14.0. The average molecular weight is 307 g/mol. The summed E-state index contributed by atoms with van der Waals surface area (Å²) in [6.07, 6.45) is 2.80. The maximum absolute atomic E-state index is 12.5. The van der Waals surface area contributed by atoms with Crippen LogP contribution in [0.15, 0.2) is 10.6 Å². The molecule has 2 atom stereocenters. The van der Waals surface area contributed by atoms with E-state index in [1.807, 2.05) is 0 Å². The number of likely N-dealkylation sites (tertiary alicyclic amines) is 1. The molecule has 2 aliphatic heterocycles. The Kier molecular flexibility index (Phi) is 3.54. The lowest BCUT2D eigenvalue weighted by atomic mass is 10.1. The van der Waals surface area contributed by atoms with E-state index < -0.39 is 0 Å². The number of rotatable bonds is 4. The minimum absolute atomic E-state index is 0.112. The zero-order valence-corrected chi connectivity index (χ0v) is 12.7. The van der Waals surface area contributed by atoms with Gasteiger partial charge in [-0.15, -0.1) is 0 Å². The van der Waals surface area contributed by atoms with Gasteiger partial charge in [0.05, 0.1) is 31.9 Å². The van der Waals surface area contributed by atoms with Gasteiger partial charge in [0.25, 0.3) is 11.8 Å². The summed E-state index contributed by atoms with van der Waals surface area (Å²) in [7, 11) is 1.50.